The predicted octanol–water partition coefficient (Wildman–Crippen LogP) is 0.249. The molecule has 2 N–H and O–H groups in total. The summed E-state index contributed by atoms with van der Waals surface area (Å²) in [5.41, 5.74) is -2.34. The van der Waals surface area contributed by atoms with Crippen molar-refractivity contribution in [1.29, 1.82) is 0 Å². The minimum atomic E-state index is -1.63. The van der Waals surface area contributed by atoms with Crippen molar-refractivity contribution in [2.24, 2.45) is 5.41 Å². The first-order valence-electron chi connectivity index (χ1n) is 3.94. The van der Waals surface area contributed by atoms with Crippen LogP contribution in [0.1, 0.15) is 20.3 Å². The summed E-state index contributed by atoms with van der Waals surface area (Å²) in [7, 11) is 0. The molecular weight excluding hydrogens is 160 g/mol. The average Bonchev–Trinajstić information content (AvgIpc) is 1.95. The summed E-state index contributed by atoms with van der Waals surface area (Å²) in [6, 6.07) is 0. The van der Waals surface area contributed by atoms with Crippen LogP contribution in [0.25, 0.3) is 0 Å². The predicted molar refractivity (Wildman–Crippen MR) is 41.8 cm³/mol. The first-order valence-corrected chi connectivity index (χ1v) is 3.94. The van der Waals surface area contributed by atoms with E-state index in [0.29, 0.717) is 6.61 Å². The highest BCUT2D eigenvalue weighted by Gasteiger charge is 2.52. The van der Waals surface area contributed by atoms with Gasteiger partial charge in [0.25, 0.3) is 0 Å². The van der Waals surface area contributed by atoms with Crippen molar-refractivity contribution in [3.05, 3.63) is 0 Å². The number of ether oxygens (including phenoxy) is 1. The molecular formula is C8H14O4. The van der Waals surface area contributed by atoms with E-state index in [-0.39, 0.29) is 13.0 Å². The van der Waals surface area contributed by atoms with Gasteiger partial charge in [0.1, 0.15) is 0 Å². The molecule has 70 valence electrons. The molecule has 0 aromatic heterocycles. The molecule has 0 spiro atoms. The quantitative estimate of drug-likeness (QED) is 0.598. The van der Waals surface area contributed by atoms with Gasteiger partial charge in [-0.25, -0.2) is 4.79 Å². The molecule has 0 aliphatic carbocycles. The molecule has 1 saturated heterocycles. The molecule has 0 aromatic rings. The van der Waals surface area contributed by atoms with Crippen molar-refractivity contribution in [3.63, 3.8) is 0 Å². The third kappa shape index (κ3) is 1.21. The average molecular weight is 174 g/mol. The molecule has 1 fully saturated rings. The number of carboxylic acid groups (broad SMARTS) is 1. The molecule has 0 amide bonds. The van der Waals surface area contributed by atoms with E-state index in [2.05, 4.69) is 0 Å². The molecule has 0 radical (unpaired) electrons. The molecule has 1 aliphatic heterocycles. The summed E-state index contributed by atoms with van der Waals surface area (Å²) in [5.74, 6) is -1.16. The summed E-state index contributed by atoms with van der Waals surface area (Å²) >= 11 is 0. The molecule has 0 bridgehead atoms. The minimum absolute atomic E-state index is 0.162. The van der Waals surface area contributed by atoms with Gasteiger partial charge in [0, 0.05) is 18.4 Å². The van der Waals surface area contributed by atoms with Gasteiger partial charge < -0.3 is 14.9 Å². The lowest BCUT2D eigenvalue weighted by Crippen LogP contribution is -2.56. The summed E-state index contributed by atoms with van der Waals surface area (Å²) in [6.07, 6.45) is 0.162. The van der Waals surface area contributed by atoms with Crippen LogP contribution >= 0.6 is 0 Å². The van der Waals surface area contributed by atoms with E-state index in [4.69, 9.17) is 9.84 Å². The van der Waals surface area contributed by atoms with E-state index >= 15 is 0 Å². The van der Waals surface area contributed by atoms with Crippen LogP contribution in [0.15, 0.2) is 0 Å². The van der Waals surface area contributed by atoms with Crippen molar-refractivity contribution in [3.8, 4) is 0 Å². The number of aliphatic hydroxyl groups is 1. The second-order valence-electron chi connectivity index (χ2n) is 3.85. The Balaban J connectivity index is 2.91. The molecule has 0 saturated carbocycles. The molecule has 4 heteroatoms. The number of hydrogen-bond acceptors (Lipinski definition) is 3. The second kappa shape index (κ2) is 2.71. The zero-order valence-corrected chi connectivity index (χ0v) is 7.33. The van der Waals surface area contributed by atoms with Gasteiger partial charge in [-0.2, -0.15) is 0 Å². The van der Waals surface area contributed by atoms with Crippen LogP contribution in [0.4, 0.5) is 0 Å². The highest BCUT2D eigenvalue weighted by Crippen LogP contribution is 2.37. The molecule has 4 nitrogen and oxygen atoms in total. The van der Waals surface area contributed by atoms with Crippen LogP contribution in [0.2, 0.25) is 0 Å². The van der Waals surface area contributed by atoms with Gasteiger partial charge in [-0.15, -0.1) is 0 Å². The van der Waals surface area contributed by atoms with Gasteiger partial charge in [-0.05, 0) is 0 Å². The van der Waals surface area contributed by atoms with Crippen LogP contribution in [0, 0.1) is 5.41 Å². The van der Waals surface area contributed by atoms with Crippen LogP contribution in [0.3, 0.4) is 0 Å². The lowest BCUT2D eigenvalue weighted by atomic mass is 9.72. The molecule has 1 unspecified atom stereocenters. The molecule has 1 rings (SSSR count). The molecule has 12 heavy (non-hydrogen) atoms. The van der Waals surface area contributed by atoms with Crippen LogP contribution in [-0.4, -0.2) is 35.0 Å². The van der Waals surface area contributed by atoms with Crippen molar-refractivity contribution >= 4 is 5.97 Å². The number of aliphatic carboxylic acids is 1. The maximum absolute atomic E-state index is 10.8. The maximum Gasteiger partial charge on any atom is 0.336 e. The lowest BCUT2D eigenvalue weighted by Gasteiger charge is -2.42. The fraction of sp³-hybridized carbons (Fsp3) is 0.875. The van der Waals surface area contributed by atoms with Gasteiger partial charge in [-0.1, -0.05) is 13.8 Å². The standard InChI is InChI=1S/C8H14O4/c1-7(2)5-12-4-3-8(7,11)6(9)10/h11H,3-5H2,1-2H3,(H,9,10). The van der Waals surface area contributed by atoms with Gasteiger partial charge in [0.15, 0.2) is 5.60 Å². The lowest BCUT2D eigenvalue weighted by molar-refractivity contribution is -0.195. The zero-order valence-electron chi connectivity index (χ0n) is 7.33. The van der Waals surface area contributed by atoms with E-state index in [1.54, 1.807) is 13.8 Å². The second-order valence-corrected chi connectivity index (χ2v) is 3.85. The maximum atomic E-state index is 10.8. The van der Waals surface area contributed by atoms with E-state index in [0.717, 1.165) is 0 Å². The number of hydrogen-bond donors (Lipinski definition) is 2. The third-order valence-electron chi connectivity index (χ3n) is 2.54. The summed E-state index contributed by atoms with van der Waals surface area (Å²) in [6.45, 7) is 3.99. The SMILES string of the molecule is CC1(C)COCCC1(O)C(=O)O. The van der Waals surface area contributed by atoms with Gasteiger partial charge >= 0.3 is 5.97 Å². The number of carbonyl (C=O) groups is 1. The first-order chi connectivity index (χ1) is 5.40. The molecule has 1 aliphatic rings. The fourth-order valence-corrected chi connectivity index (χ4v) is 1.40. The van der Waals surface area contributed by atoms with Crippen molar-refractivity contribution in [1.82, 2.24) is 0 Å². The number of carboxylic acids is 1. The van der Waals surface area contributed by atoms with Crippen molar-refractivity contribution in [2.75, 3.05) is 13.2 Å². The summed E-state index contributed by atoms with van der Waals surface area (Å²) in [5, 5.41) is 18.6. The summed E-state index contributed by atoms with van der Waals surface area (Å²) in [4.78, 5) is 10.8. The Morgan fingerprint density at radius 1 is 1.50 bits per heavy atom. The Morgan fingerprint density at radius 3 is 2.42 bits per heavy atom. The van der Waals surface area contributed by atoms with Crippen LogP contribution in [-0.2, 0) is 9.53 Å². The minimum Gasteiger partial charge on any atom is -0.479 e. The van der Waals surface area contributed by atoms with E-state index in [1.165, 1.54) is 0 Å². The Kier molecular flexibility index (Phi) is 2.14. The van der Waals surface area contributed by atoms with Crippen LogP contribution in [0.5, 0.6) is 0 Å². The Bertz CT molecular complexity index is 199. The fourth-order valence-electron chi connectivity index (χ4n) is 1.40. The largest absolute Gasteiger partial charge is 0.479 e. The first kappa shape index (κ1) is 9.48. The van der Waals surface area contributed by atoms with E-state index in [1.807, 2.05) is 0 Å². The topological polar surface area (TPSA) is 66.8 Å². The van der Waals surface area contributed by atoms with E-state index < -0.39 is 17.0 Å². The van der Waals surface area contributed by atoms with Gasteiger partial charge in [0.05, 0.1) is 6.61 Å². The van der Waals surface area contributed by atoms with Crippen LogP contribution < -0.4 is 0 Å². The third-order valence-corrected chi connectivity index (χ3v) is 2.54. The van der Waals surface area contributed by atoms with E-state index in [9.17, 15) is 9.90 Å². The zero-order chi connectivity index (χ0) is 9.41. The smallest absolute Gasteiger partial charge is 0.336 e. The monoisotopic (exact) mass is 174 g/mol. The Hall–Kier alpha value is -0.610. The highest BCUT2D eigenvalue weighted by atomic mass is 16.5. The highest BCUT2D eigenvalue weighted by molar-refractivity contribution is 5.78. The normalized spacial score (nSPS) is 34.6. The summed E-state index contributed by atoms with van der Waals surface area (Å²) < 4.78 is 5.11. The molecule has 1 atom stereocenters. The Labute approximate surface area is 71.2 Å². The molecule has 1 heterocycles. The number of rotatable bonds is 1. The van der Waals surface area contributed by atoms with Crippen molar-refractivity contribution in [2.45, 2.75) is 25.9 Å². The Morgan fingerprint density at radius 2 is 2.08 bits per heavy atom. The van der Waals surface area contributed by atoms with Gasteiger partial charge in [-0.3, -0.25) is 0 Å². The van der Waals surface area contributed by atoms with Gasteiger partial charge in [0.2, 0.25) is 0 Å². The van der Waals surface area contributed by atoms with Crippen molar-refractivity contribution < 1.29 is 19.7 Å². The molecule has 0 aromatic carbocycles.